The monoisotopic (exact) mass is 282 g/mol. The van der Waals surface area contributed by atoms with E-state index in [1.54, 1.807) is 0 Å². The largest absolute Gasteiger partial charge is 0.367 e. The minimum absolute atomic E-state index is 0.802. The third kappa shape index (κ3) is 1.88. The predicted octanol–water partition coefficient (Wildman–Crippen LogP) is 4.38. The molecule has 0 fully saturated rings. The van der Waals surface area contributed by atoms with Crippen LogP contribution in [0.25, 0.3) is 10.9 Å². The highest BCUT2D eigenvalue weighted by atomic mass is 35.5. The van der Waals surface area contributed by atoms with E-state index in [1.807, 2.05) is 6.07 Å². The third-order valence-electron chi connectivity index (χ3n) is 4.06. The molecule has 2 aromatic carbocycles. The van der Waals surface area contributed by atoms with Gasteiger partial charge in [-0.2, -0.15) is 0 Å². The first-order chi connectivity index (χ1) is 9.81. The molecule has 1 aliphatic rings. The van der Waals surface area contributed by atoms with Crippen molar-refractivity contribution in [1.29, 1.82) is 0 Å². The van der Waals surface area contributed by atoms with E-state index < -0.39 is 0 Å². The van der Waals surface area contributed by atoms with Crippen molar-refractivity contribution in [1.82, 2.24) is 4.98 Å². The van der Waals surface area contributed by atoms with Gasteiger partial charge in [0.05, 0.1) is 0 Å². The van der Waals surface area contributed by atoms with Crippen molar-refractivity contribution in [2.24, 2.45) is 0 Å². The number of fused-ring (bicyclic) bond motifs is 3. The fourth-order valence-corrected chi connectivity index (χ4v) is 3.22. The van der Waals surface area contributed by atoms with Crippen LogP contribution in [0.5, 0.6) is 0 Å². The van der Waals surface area contributed by atoms with Gasteiger partial charge in [-0.25, -0.2) is 0 Å². The maximum atomic E-state index is 6.14. The number of aromatic nitrogens is 1. The van der Waals surface area contributed by atoms with Crippen LogP contribution in [0.4, 0.5) is 5.69 Å². The van der Waals surface area contributed by atoms with Gasteiger partial charge < -0.3 is 9.88 Å². The molecule has 3 heteroatoms. The van der Waals surface area contributed by atoms with Crippen molar-refractivity contribution < 1.29 is 0 Å². The molecule has 0 bridgehead atoms. The summed E-state index contributed by atoms with van der Waals surface area (Å²) >= 11 is 6.14. The zero-order valence-electron chi connectivity index (χ0n) is 11.1. The molecule has 0 atom stereocenters. The van der Waals surface area contributed by atoms with Crippen LogP contribution >= 0.6 is 11.6 Å². The number of nitrogens with zero attached hydrogens (tertiary/aromatic N) is 1. The number of rotatable bonds is 1. The van der Waals surface area contributed by atoms with Crippen molar-refractivity contribution >= 4 is 28.2 Å². The van der Waals surface area contributed by atoms with Crippen LogP contribution in [0.2, 0.25) is 5.02 Å². The van der Waals surface area contributed by atoms with Gasteiger partial charge in [-0.1, -0.05) is 29.8 Å². The summed E-state index contributed by atoms with van der Waals surface area (Å²) in [6.07, 6.45) is 1.05. The van der Waals surface area contributed by atoms with E-state index >= 15 is 0 Å². The normalized spacial score (nSPS) is 14.6. The molecule has 3 aromatic rings. The van der Waals surface area contributed by atoms with E-state index in [9.17, 15) is 0 Å². The Bertz CT molecular complexity index is 761. The first-order valence-corrected chi connectivity index (χ1v) is 7.28. The second-order valence-electron chi connectivity index (χ2n) is 5.28. The summed E-state index contributed by atoms with van der Waals surface area (Å²) in [5, 5.41) is 2.06. The Morgan fingerprint density at radius 1 is 1.05 bits per heavy atom. The second-order valence-corrected chi connectivity index (χ2v) is 5.72. The summed E-state index contributed by atoms with van der Waals surface area (Å²) in [5.41, 5.74) is 5.22. The Kier molecular flexibility index (Phi) is 2.71. The lowest BCUT2D eigenvalue weighted by molar-refractivity contribution is 0.726. The molecule has 0 saturated heterocycles. The molecule has 0 unspecified atom stereocenters. The summed E-state index contributed by atoms with van der Waals surface area (Å²) in [7, 11) is 0. The van der Waals surface area contributed by atoms with E-state index in [-0.39, 0.29) is 0 Å². The number of anilines is 1. The number of H-pyrrole nitrogens is 1. The zero-order valence-corrected chi connectivity index (χ0v) is 11.8. The SMILES string of the molecule is Clc1ccc2[nH]c3c(c2c1)CN(c1ccccc1)CC3. The van der Waals surface area contributed by atoms with Gasteiger partial charge in [0.2, 0.25) is 0 Å². The van der Waals surface area contributed by atoms with E-state index in [1.165, 1.54) is 27.8 Å². The minimum atomic E-state index is 0.802. The van der Waals surface area contributed by atoms with E-state index in [2.05, 4.69) is 52.3 Å². The van der Waals surface area contributed by atoms with Crippen molar-refractivity contribution in [2.45, 2.75) is 13.0 Å². The van der Waals surface area contributed by atoms with Crippen LogP contribution in [0, 0.1) is 0 Å². The van der Waals surface area contributed by atoms with Crippen LogP contribution in [0.3, 0.4) is 0 Å². The van der Waals surface area contributed by atoms with E-state index in [0.717, 1.165) is 24.5 Å². The van der Waals surface area contributed by atoms with Gasteiger partial charge in [-0.05, 0) is 30.3 Å². The molecule has 20 heavy (non-hydrogen) atoms. The molecule has 2 heterocycles. The first-order valence-electron chi connectivity index (χ1n) is 6.90. The molecule has 2 nitrogen and oxygen atoms in total. The van der Waals surface area contributed by atoms with Gasteiger partial charge in [-0.15, -0.1) is 0 Å². The number of para-hydroxylation sites is 1. The zero-order chi connectivity index (χ0) is 13.5. The smallest absolute Gasteiger partial charge is 0.0460 e. The van der Waals surface area contributed by atoms with Gasteiger partial charge in [0, 0.05) is 52.4 Å². The van der Waals surface area contributed by atoms with E-state index in [0.29, 0.717) is 0 Å². The summed E-state index contributed by atoms with van der Waals surface area (Å²) in [4.78, 5) is 5.96. The molecule has 0 spiro atoms. The lowest BCUT2D eigenvalue weighted by atomic mass is 10.0. The summed E-state index contributed by atoms with van der Waals surface area (Å²) in [5.74, 6) is 0. The van der Waals surface area contributed by atoms with Crippen LogP contribution in [-0.2, 0) is 13.0 Å². The quantitative estimate of drug-likeness (QED) is 0.701. The number of benzene rings is 2. The molecule has 4 rings (SSSR count). The molecular formula is C17H15ClN2. The van der Waals surface area contributed by atoms with Crippen molar-refractivity contribution in [2.75, 3.05) is 11.4 Å². The third-order valence-corrected chi connectivity index (χ3v) is 4.29. The number of nitrogens with one attached hydrogen (secondary N) is 1. The Labute approximate surface area is 123 Å². The molecule has 0 radical (unpaired) electrons. The van der Waals surface area contributed by atoms with Crippen molar-refractivity contribution in [3.05, 3.63) is 64.8 Å². The molecule has 0 saturated carbocycles. The lowest BCUT2D eigenvalue weighted by Gasteiger charge is -2.29. The first kappa shape index (κ1) is 11.9. The highest BCUT2D eigenvalue weighted by molar-refractivity contribution is 6.31. The molecule has 1 aliphatic heterocycles. The van der Waals surface area contributed by atoms with E-state index in [4.69, 9.17) is 11.6 Å². The summed E-state index contributed by atoms with van der Waals surface area (Å²) in [6, 6.07) is 16.7. The molecule has 0 aliphatic carbocycles. The molecule has 0 amide bonds. The number of halogens is 1. The maximum Gasteiger partial charge on any atom is 0.0460 e. The van der Waals surface area contributed by atoms with Crippen LogP contribution in [-0.4, -0.2) is 11.5 Å². The number of aromatic amines is 1. The number of hydrogen-bond acceptors (Lipinski definition) is 1. The van der Waals surface area contributed by atoms with Crippen LogP contribution in [0.15, 0.2) is 48.5 Å². The van der Waals surface area contributed by atoms with Gasteiger partial charge in [-0.3, -0.25) is 0 Å². The average molecular weight is 283 g/mol. The van der Waals surface area contributed by atoms with Crippen molar-refractivity contribution in [3.8, 4) is 0 Å². The van der Waals surface area contributed by atoms with Gasteiger partial charge >= 0.3 is 0 Å². The number of hydrogen-bond donors (Lipinski definition) is 1. The molecule has 100 valence electrons. The molecular weight excluding hydrogens is 268 g/mol. The highest BCUT2D eigenvalue weighted by Crippen LogP contribution is 2.31. The maximum absolute atomic E-state index is 6.14. The Morgan fingerprint density at radius 2 is 1.90 bits per heavy atom. The Balaban J connectivity index is 1.78. The minimum Gasteiger partial charge on any atom is -0.367 e. The topological polar surface area (TPSA) is 19.0 Å². The van der Waals surface area contributed by atoms with Gasteiger partial charge in [0.1, 0.15) is 0 Å². The Hall–Kier alpha value is -1.93. The van der Waals surface area contributed by atoms with Gasteiger partial charge in [0.15, 0.2) is 0 Å². The van der Waals surface area contributed by atoms with Gasteiger partial charge in [0.25, 0.3) is 0 Å². The fourth-order valence-electron chi connectivity index (χ4n) is 3.05. The Morgan fingerprint density at radius 3 is 2.75 bits per heavy atom. The van der Waals surface area contributed by atoms with Crippen LogP contribution < -0.4 is 4.90 Å². The fraction of sp³-hybridized carbons (Fsp3) is 0.176. The second kappa shape index (κ2) is 4.57. The van der Waals surface area contributed by atoms with Crippen LogP contribution in [0.1, 0.15) is 11.3 Å². The average Bonchev–Trinajstić information content (AvgIpc) is 2.85. The summed E-state index contributed by atoms with van der Waals surface area (Å²) in [6.45, 7) is 2.00. The highest BCUT2D eigenvalue weighted by Gasteiger charge is 2.20. The lowest BCUT2D eigenvalue weighted by Crippen LogP contribution is -2.29. The standard InChI is InChI=1S/C17H15ClN2/c18-12-6-7-16-14(10-12)15-11-20(9-8-17(15)19-16)13-4-2-1-3-5-13/h1-7,10,19H,8-9,11H2. The predicted molar refractivity (Wildman–Crippen MR) is 84.5 cm³/mol. The van der Waals surface area contributed by atoms with Crippen molar-refractivity contribution in [3.63, 3.8) is 0 Å². The summed E-state index contributed by atoms with van der Waals surface area (Å²) < 4.78 is 0. The molecule has 1 aromatic heterocycles. The molecule has 1 N–H and O–H groups in total.